The third-order valence-corrected chi connectivity index (χ3v) is 9.93. The molecule has 132 valence electrons. The Bertz CT molecular complexity index is 301. The molecule has 22 heavy (non-hydrogen) atoms. The standard InChI is InChI=1S/C16H34O4P2/c1-15(2,3)7-9-21-11(17)13(19)22(14(20)12(21)18)10-8-16(4,5)6/h11-14,17-20H,7-10H2,1-6H3. The van der Waals surface area contributed by atoms with Crippen LogP contribution in [0.1, 0.15) is 54.4 Å². The lowest BCUT2D eigenvalue weighted by molar-refractivity contribution is 0.0775. The van der Waals surface area contributed by atoms with Crippen molar-refractivity contribution in [2.24, 2.45) is 10.8 Å². The summed E-state index contributed by atoms with van der Waals surface area (Å²) >= 11 is 0. The van der Waals surface area contributed by atoms with Crippen LogP contribution in [0.5, 0.6) is 0 Å². The molecule has 0 aromatic heterocycles. The molecular weight excluding hydrogens is 318 g/mol. The van der Waals surface area contributed by atoms with Crippen molar-refractivity contribution in [3.05, 3.63) is 0 Å². The Labute approximate surface area is 137 Å². The van der Waals surface area contributed by atoms with Crippen molar-refractivity contribution >= 4 is 15.8 Å². The van der Waals surface area contributed by atoms with Crippen molar-refractivity contribution in [2.45, 2.75) is 77.8 Å². The number of aliphatic hydroxyl groups is 4. The molecule has 1 aliphatic heterocycles. The first kappa shape index (κ1) is 20.7. The molecule has 0 aromatic rings. The molecule has 0 bridgehead atoms. The summed E-state index contributed by atoms with van der Waals surface area (Å²) < 4.78 is 0. The van der Waals surface area contributed by atoms with Gasteiger partial charge in [0.05, 0.1) is 0 Å². The van der Waals surface area contributed by atoms with E-state index in [-0.39, 0.29) is 10.8 Å². The van der Waals surface area contributed by atoms with Crippen molar-refractivity contribution in [3.63, 3.8) is 0 Å². The summed E-state index contributed by atoms with van der Waals surface area (Å²) in [7, 11) is -2.35. The smallest absolute Gasteiger partial charge is 0.105 e. The van der Waals surface area contributed by atoms with E-state index in [4.69, 9.17) is 0 Å². The number of hydrogen-bond acceptors (Lipinski definition) is 4. The summed E-state index contributed by atoms with van der Waals surface area (Å²) in [5, 5.41) is 41.8. The minimum absolute atomic E-state index is 0.117. The molecule has 0 spiro atoms. The molecule has 0 saturated carbocycles. The highest BCUT2D eigenvalue weighted by Crippen LogP contribution is 2.64. The van der Waals surface area contributed by atoms with Crippen LogP contribution in [0.2, 0.25) is 0 Å². The van der Waals surface area contributed by atoms with E-state index in [1.54, 1.807) is 0 Å². The Morgan fingerprint density at radius 1 is 0.591 bits per heavy atom. The first-order chi connectivity index (χ1) is 9.83. The Hall–Kier alpha value is 0.700. The molecule has 4 nitrogen and oxygen atoms in total. The lowest BCUT2D eigenvalue weighted by Crippen LogP contribution is -2.42. The molecule has 4 atom stereocenters. The van der Waals surface area contributed by atoms with Gasteiger partial charge in [-0.15, -0.1) is 0 Å². The molecule has 0 aliphatic carbocycles. The minimum Gasteiger partial charge on any atom is -0.385 e. The Morgan fingerprint density at radius 3 is 1.00 bits per heavy atom. The normalized spacial score (nSPS) is 37.4. The quantitative estimate of drug-likeness (QED) is 0.586. The molecular formula is C16H34O4P2. The van der Waals surface area contributed by atoms with E-state index in [2.05, 4.69) is 41.5 Å². The lowest BCUT2D eigenvalue weighted by atomic mass is 9.94. The van der Waals surface area contributed by atoms with Crippen LogP contribution in [-0.4, -0.2) is 56.1 Å². The molecule has 1 aliphatic rings. The maximum atomic E-state index is 10.4. The predicted octanol–water partition coefficient (Wildman–Crippen LogP) is 3.11. The molecule has 6 heteroatoms. The third-order valence-electron chi connectivity index (χ3n) is 4.13. The molecule has 0 aromatic carbocycles. The zero-order valence-corrected chi connectivity index (χ0v) is 16.6. The second-order valence-electron chi connectivity index (χ2n) is 8.75. The summed E-state index contributed by atoms with van der Waals surface area (Å²) in [4.78, 5) is 0. The van der Waals surface area contributed by atoms with Gasteiger partial charge in [-0.25, -0.2) is 0 Å². The lowest BCUT2D eigenvalue weighted by Gasteiger charge is -2.45. The van der Waals surface area contributed by atoms with Gasteiger partial charge < -0.3 is 20.4 Å². The van der Waals surface area contributed by atoms with Crippen molar-refractivity contribution in [1.29, 1.82) is 0 Å². The fraction of sp³-hybridized carbons (Fsp3) is 1.00. The Kier molecular flexibility index (Phi) is 7.28. The molecule has 4 unspecified atom stereocenters. The zero-order valence-electron chi connectivity index (χ0n) is 14.8. The molecule has 1 fully saturated rings. The summed E-state index contributed by atoms with van der Waals surface area (Å²) in [6, 6.07) is 0. The summed E-state index contributed by atoms with van der Waals surface area (Å²) in [6.45, 7) is 12.7. The number of rotatable bonds is 4. The van der Waals surface area contributed by atoms with Gasteiger partial charge in [-0.2, -0.15) is 0 Å². The van der Waals surface area contributed by atoms with E-state index in [0.717, 1.165) is 12.8 Å². The van der Waals surface area contributed by atoms with Gasteiger partial charge in [0.1, 0.15) is 23.4 Å². The molecule has 0 radical (unpaired) electrons. The summed E-state index contributed by atoms with van der Waals surface area (Å²) in [5.41, 5.74) is 0.234. The molecule has 0 amide bonds. The van der Waals surface area contributed by atoms with Crippen LogP contribution in [0.15, 0.2) is 0 Å². The highest BCUT2D eigenvalue weighted by Gasteiger charge is 2.47. The topological polar surface area (TPSA) is 80.9 Å². The van der Waals surface area contributed by atoms with Crippen molar-refractivity contribution in [3.8, 4) is 0 Å². The van der Waals surface area contributed by atoms with Crippen molar-refractivity contribution in [2.75, 3.05) is 12.3 Å². The van der Waals surface area contributed by atoms with Crippen LogP contribution < -0.4 is 0 Å². The fourth-order valence-corrected chi connectivity index (χ4v) is 9.42. The first-order valence-electron chi connectivity index (χ1n) is 8.07. The van der Waals surface area contributed by atoms with Crippen LogP contribution >= 0.6 is 15.8 Å². The Balaban J connectivity index is 2.74. The number of aliphatic hydroxyl groups excluding tert-OH is 4. The van der Waals surface area contributed by atoms with Gasteiger partial charge in [0.25, 0.3) is 0 Å². The average Bonchev–Trinajstić information content (AvgIpc) is 2.33. The summed E-state index contributed by atoms with van der Waals surface area (Å²) in [5.74, 6) is -3.49. The van der Waals surface area contributed by atoms with E-state index in [1.807, 2.05) is 0 Å². The second kappa shape index (κ2) is 7.72. The van der Waals surface area contributed by atoms with E-state index in [1.165, 1.54) is 0 Å². The molecule has 1 rings (SSSR count). The van der Waals surface area contributed by atoms with Gasteiger partial charge in [-0.1, -0.05) is 41.5 Å². The zero-order chi connectivity index (χ0) is 17.3. The van der Waals surface area contributed by atoms with Gasteiger partial charge >= 0.3 is 0 Å². The molecule has 4 N–H and O–H groups in total. The van der Waals surface area contributed by atoms with Gasteiger partial charge in [-0.05, 0) is 51.8 Å². The van der Waals surface area contributed by atoms with Crippen molar-refractivity contribution < 1.29 is 20.4 Å². The van der Waals surface area contributed by atoms with Gasteiger partial charge in [0.15, 0.2) is 0 Å². The second-order valence-corrected chi connectivity index (χ2v) is 13.8. The highest BCUT2D eigenvalue weighted by atomic mass is 31.1. The SMILES string of the molecule is CC(C)(C)CCP1C(O)C(O)P(CCC(C)(C)C)C(O)C1O. The maximum Gasteiger partial charge on any atom is 0.105 e. The Morgan fingerprint density at radius 2 is 0.818 bits per heavy atom. The molecule has 1 saturated heterocycles. The van der Waals surface area contributed by atoms with Gasteiger partial charge in [0.2, 0.25) is 0 Å². The van der Waals surface area contributed by atoms with E-state index < -0.39 is 39.2 Å². The third kappa shape index (κ3) is 5.96. The maximum absolute atomic E-state index is 10.4. The van der Waals surface area contributed by atoms with E-state index in [9.17, 15) is 20.4 Å². The molecule has 1 heterocycles. The van der Waals surface area contributed by atoms with Crippen LogP contribution in [0, 0.1) is 10.8 Å². The largest absolute Gasteiger partial charge is 0.385 e. The van der Waals surface area contributed by atoms with E-state index in [0.29, 0.717) is 12.3 Å². The van der Waals surface area contributed by atoms with Crippen LogP contribution in [-0.2, 0) is 0 Å². The monoisotopic (exact) mass is 352 g/mol. The van der Waals surface area contributed by atoms with Gasteiger partial charge in [0, 0.05) is 0 Å². The summed E-state index contributed by atoms with van der Waals surface area (Å²) in [6.07, 6.45) is 3.09. The predicted molar refractivity (Wildman–Crippen MR) is 95.7 cm³/mol. The van der Waals surface area contributed by atoms with Gasteiger partial charge in [-0.3, -0.25) is 0 Å². The highest BCUT2D eigenvalue weighted by molar-refractivity contribution is 7.66. The van der Waals surface area contributed by atoms with Crippen LogP contribution in [0.25, 0.3) is 0 Å². The first-order valence-corrected chi connectivity index (χ1v) is 11.4. The van der Waals surface area contributed by atoms with Crippen LogP contribution in [0.4, 0.5) is 0 Å². The number of hydrogen-bond donors (Lipinski definition) is 4. The van der Waals surface area contributed by atoms with E-state index >= 15 is 0 Å². The van der Waals surface area contributed by atoms with Crippen molar-refractivity contribution in [1.82, 2.24) is 0 Å². The minimum atomic E-state index is -1.18. The van der Waals surface area contributed by atoms with Crippen LogP contribution in [0.3, 0.4) is 0 Å². The average molecular weight is 352 g/mol. The fourth-order valence-electron chi connectivity index (χ4n) is 2.46.